The lowest BCUT2D eigenvalue weighted by Gasteiger charge is -2.15. The van der Waals surface area contributed by atoms with Crippen LogP contribution >= 0.6 is 0 Å². The fourth-order valence-corrected chi connectivity index (χ4v) is 3.01. The number of carbonyl (C=O) groups excluding carboxylic acids is 1. The molecule has 0 spiro atoms. The van der Waals surface area contributed by atoms with E-state index >= 15 is 0 Å². The van der Waals surface area contributed by atoms with Crippen molar-refractivity contribution >= 4 is 17.7 Å². The SMILES string of the molecule is COC(=O)/C(=C\n1c(C)cc(=O)cc1C)c1ccc(OC)c(OCC2CC2)c1. The zero-order valence-electron chi connectivity index (χ0n) is 16.7. The Morgan fingerprint density at radius 1 is 1.11 bits per heavy atom. The Balaban J connectivity index is 2.06. The molecule has 28 heavy (non-hydrogen) atoms. The lowest BCUT2D eigenvalue weighted by atomic mass is 10.1. The summed E-state index contributed by atoms with van der Waals surface area (Å²) in [5.41, 5.74) is 2.39. The molecule has 0 bridgehead atoms. The molecule has 1 saturated carbocycles. The van der Waals surface area contributed by atoms with E-state index in [0.29, 0.717) is 35.2 Å². The summed E-state index contributed by atoms with van der Waals surface area (Å²) >= 11 is 0. The maximum atomic E-state index is 12.5. The predicted molar refractivity (Wildman–Crippen MR) is 108 cm³/mol. The lowest BCUT2D eigenvalue weighted by Crippen LogP contribution is -2.11. The van der Waals surface area contributed by atoms with Crippen LogP contribution in [0.5, 0.6) is 11.5 Å². The lowest BCUT2D eigenvalue weighted by molar-refractivity contribution is -0.133. The first-order valence-corrected chi connectivity index (χ1v) is 9.24. The zero-order valence-corrected chi connectivity index (χ0v) is 16.7. The first-order chi connectivity index (χ1) is 13.4. The molecule has 0 amide bonds. The highest BCUT2D eigenvalue weighted by Crippen LogP contribution is 2.35. The third-order valence-corrected chi connectivity index (χ3v) is 4.77. The van der Waals surface area contributed by atoms with Gasteiger partial charge in [0.15, 0.2) is 16.9 Å². The molecule has 0 aliphatic heterocycles. The largest absolute Gasteiger partial charge is 0.493 e. The van der Waals surface area contributed by atoms with Crippen molar-refractivity contribution in [2.75, 3.05) is 20.8 Å². The Bertz CT molecular complexity index is 943. The van der Waals surface area contributed by atoms with Crippen LogP contribution in [0.25, 0.3) is 11.8 Å². The van der Waals surface area contributed by atoms with Gasteiger partial charge in [0.1, 0.15) is 0 Å². The minimum absolute atomic E-state index is 0.0699. The topological polar surface area (TPSA) is 66.8 Å². The second-order valence-electron chi connectivity index (χ2n) is 7.00. The summed E-state index contributed by atoms with van der Waals surface area (Å²) < 4.78 is 18.1. The molecule has 148 valence electrons. The second-order valence-corrected chi connectivity index (χ2v) is 7.00. The van der Waals surface area contributed by atoms with E-state index in [-0.39, 0.29) is 5.43 Å². The molecule has 0 atom stereocenters. The standard InChI is InChI=1S/C22H25NO5/c1-14-9-18(24)10-15(2)23(14)12-19(22(25)27-4)17-7-8-20(26-3)21(11-17)28-13-16-5-6-16/h7-12,16H,5-6,13H2,1-4H3/b19-12-. The van der Waals surface area contributed by atoms with Gasteiger partial charge < -0.3 is 18.8 Å². The number of ether oxygens (including phenoxy) is 3. The average molecular weight is 383 g/mol. The monoisotopic (exact) mass is 383 g/mol. The summed E-state index contributed by atoms with van der Waals surface area (Å²) in [5, 5.41) is 0. The van der Waals surface area contributed by atoms with E-state index in [4.69, 9.17) is 14.2 Å². The molecule has 1 fully saturated rings. The molecule has 1 aromatic carbocycles. The molecule has 0 N–H and O–H groups in total. The molecular weight excluding hydrogens is 358 g/mol. The van der Waals surface area contributed by atoms with Crippen LogP contribution in [0.4, 0.5) is 0 Å². The van der Waals surface area contributed by atoms with Crippen molar-refractivity contribution in [1.29, 1.82) is 0 Å². The van der Waals surface area contributed by atoms with Gasteiger partial charge in [0.25, 0.3) is 0 Å². The van der Waals surface area contributed by atoms with Crippen LogP contribution in [0.15, 0.2) is 35.1 Å². The van der Waals surface area contributed by atoms with Crippen LogP contribution in [0.2, 0.25) is 0 Å². The van der Waals surface area contributed by atoms with Crippen molar-refractivity contribution < 1.29 is 19.0 Å². The van der Waals surface area contributed by atoms with E-state index in [1.54, 1.807) is 36.1 Å². The molecule has 0 radical (unpaired) electrons. The van der Waals surface area contributed by atoms with Crippen molar-refractivity contribution in [3.05, 3.63) is 57.5 Å². The number of benzene rings is 1. The van der Waals surface area contributed by atoms with Crippen LogP contribution in [0, 0.1) is 19.8 Å². The van der Waals surface area contributed by atoms with Crippen molar-refractivity contribution in [2.45, 2.75) is 26.7 Å². The van der Waals surface area contributed by atoms with Gasteiger partial charge in [0, 0.05) is 29.7 Å². The third-order valence-electron chi connectivity index (χ3n) is 4.77. The fraction of sp³-hybridized carbons (Fsp3) is 0.364. The summed E-state index contributed by atoms with van der Waals surface area (Å²) in [7, 11) is 2.93. The molecule has 2 aromatic rings. The van der Waals surface area contributed by atoms with Crippen LogP contribution in [-0.4, -0.2) is 31.4 Å². The molecule has 6 nitrogen and oxygen atoms in total. The minimum Gasteiger partial charge on any atom is -0.493 e. The molecule has 1 heterocycles. The van der Waals surface area contributed by atoms with E-state index in [2.05, 4.69) is 0 Å². The number of esters is 1. The fourth-order valence-electron chi connectivity index (χ4n) is 3.01. The van der Waals surface area contributed by atoms with E-state index in [9.17, 15) is 9.59 Å². The van der Waals surface area contributed by atoms with Crippen molar-refractivity contribution in [3.8, 4) is 11.5 Å². The number of pyridine rings is 1. The van der Waals surface area contributed by atoms with Gasteiger partial charge in [0.2, 0.25) is 0 Å². The number of hydrogen-bond acceptors (Lipinski definition) is 5. The van der Waals surface area contributed by atoms with Crippen LogP contribution in [0.3, 0.4) is 0 Å². The first kappa shape index (κ1) is 19.7. The number of rotatable bonds is 7. The summed E-state index contributed by atoms with van der Waals surface area (Å²) in [6.45, 7) is 4.27. The zero-order chi connectivity index (χ0) is 20.3. The number of aryl methyl sites for hydroxylation is 2. The Morgan fingerprint density at radius 3 is 2.36 bits per heavy atom. The number of methoxy groups -OCH3 is 2. The normalized spacial score (nSPS) is 13.9. The molecule has 1 aliphatic carbocycles. The number of aromatic nitrogens is 1. The molecule has 0 saturated heterocycles. The van der Waals surface area contributed by atoms with Crippen molar-refractivity contribution in [2.24, 2.45) is 5.92 Å². The Morgan fingerprint density at radius 2 is 1.79 bits per heavy atom. The average Bonchev–Trinajstić information content (AvgIpc) is 3.49. The van der Waals surface area contributed by atoms with Crippen molar-refractivity contribution in [3.63, 3.8) is 0 Å². The second kappa shape index (κ2) is 8.33. The minimum atomic E-state index is -0.476. The number of carbonyl (C=O) groups is 1. The number of nitrogens with zero attached hydrogens (tertiary/aromatic N) is 1. The van der Waals surface area contributed by atoms with Gasteiger partial charge in [-0.1, -0.05) is 6.07 Å². The van der Waals surface area contributed by atoms with Gasteiger partial charge in [-0.15, -0.1) is 0 Å². The molecule has 6 heteroatoms. The Hall–Kier alpha value is -3.02. The predicted octanol–water partition coefficient (Wildman–Crippen LogP) is 3.43. The molecule has 1 aromatic heterocycles. The smallest absolute Gasteiger partial charge is 0.339 e. The summed E-state index contributed by atoms with van der Waals surface area (Å²) in [6, 6.07) is 8.41. The molecule has 3 rings (SSSR count). The van der Waals surface area contributed by atoms with E-state index < -0.39 is 5.97 Å². The molecule has 1 aliphatic rings. The van der Waals surface area contributed by atoms with Crippen LogP contribution in [-0.2, 0) is 9.53 Å². The van der Waals surface area contributed by atoms with Gasteiger partial charge in [0.05, 0.1) is 26.4 Å². The summed E-state index contributed by atoms with van der Waals surface area (Å²) in [6.07, 6.45) is 4.04. The van der Waals surface area contributed by atoms with Gasteiger partial charge >= 0.3 is 5.97 Å². The summed E-state index contributed by atoms with van der Waals surface area (Å²) in [4.78, 5) is 24.2. The van der Waals surface area contributed by atoms with Gasteiger partial charge in [-0.2, -0.15) is 0 Å². The quantitative estimate of drug-likeness (QED) is 0.541. The van der Waals surface area contributed by atoms with Gasteiger partial charge in [-0.05, 0) is 50.3 Å². The maximum absolute atomic E-state index is 12.5. The Kier molecular flexibility index (Phi) is 5.87. The first-order valence-electron chi connectivity index (χ1n) is 9.24. The number of hydrogen-bond donors (Lipinski definition) is 0. The van der Waals surface area contributed by atoms with Crippen molar-refractivity contribution in [1.82, 2.24) is 4.57 Å². The van der Waals surface area contributed by atoms with E-state index in [1.807, 2.05) is 13.8 Å². The van der Waals surface area contributed by atoms with Gasteiger partial charge in [-0.3, -0.25) is 4.79 Å². The van der Waals surface area contributed by atoms with E-state index in [0.717, 1.165) is 11.4 Å². The molecule has 0 unspecified atom stereocenters. The summed E-state index contributed by atoms with van der Waals surface area (Å²) in [5.74, 6) is 1.32. The highest BCUT2D eigenvalue weighted by molar-refractivity contribution is 6.20. The highest BCUT2D eigenvalue weighted by atomic mass is 16.5. The van der Waals surface area contributed by atoms with Gasteiger partial charge in [-0.25, -0.2) is 4.79 Å². The Labute approximate surface area is 164 Å². The van der Waals surface area contributed by atoms with Crippen LogP contribution < -0.4 is 14.9 Å². The van der Waals surface area contributed by atoms with E-state index in [1.165, 1.54) is 32.1 Å². The van der Waals surface area contributed by atoms with Crippen LogP contribution in [0.1, 0.15) is 29.8 Å². The molecular formula is C22H25NO5. The third kappa shape index (κ3) is 4.44. The highest BCUT2D eigenvalue weighted by Gasteiger charge is 2.23. The maximum Gasteiger partial charge on any atom is 0.339 e.